The van der Waals surface area contributed by atoms with Crippen molar-refractivity contribution in [2.75, 3.05) is 5.73 Å². The first kappa shape index (κ1) is 9.61. The lowest BCUT2D eigenvalue weighted by atomic mass is 10.2. The minimum absolute atomic E-state index is 0.362. The second-order valence-corrected chi connectivity index (χ2v) is 3.17. The van der Waals surface area contributed by atoms with Crippen molar-refractivity contribution in [3.8, 4) is 11.4 Å². The van der Waals surface area contributed by atoms with Crippen LogP contribution in [-0.4, -0.2) is 9.97 Å². The fourth-order valence-electron chi connectivity index (χ4n) is 1.30. The third-order valence-corrected chi connectivity index (χ3v) is 2.15. The molecule has 0 aliphatic heterocycles. The van der Waals surface area contributed by atoms with Gasteiger partial charge in [-0.1, -0.05) is 30.3 Å². The van der Waals surface area contributed by atoms with Crippen molar-refractivity contribution in [2.45, 2.75) is 6.54 Å². The second kappa shape index (κ2) is 4.06. The number of nitrogen functional groups attached to an aromatic ring is 1. The summed E-state index contributed by atoms with van der Waals surface area (Å²) in [5.74, 6) is 1.08. The average molecular weight is 200 g/mol. The van der Waals surface area contributed by atoms with E-state index in [0.29, 0.717) is 18.2 Å². The highest BCUT2D eigenvalue weighted by atomic mass is 14.9. The summed E-state index contributed by atoms with van der Waals surface area (Å²) in [5, 5.41) is 0. The monoisotopic (exact) mass is 200 g/mol. The molecule has 0 saturated carbocycles. The highest BCUT2D eigenvalue weighted by molar-refractivity contribution is 5.57. The van der Waals surface area contributed by atoms with Gasteiger partial charge in [-0.2, -0.15) is 0 Å². The lowest BCUT2D eigenvalue weighted by Gasteiger charge is -2.04. The Kier molecular flexibility index (Phi) is 2.60. The van der Waals surface area contributed by atoms with E-state index in [1.165, 1.54) is 0 Å². The van der Waals surface area contributed by atoms with Gasteiger partial charge in [-0.25, -0.2) is 9.97 Å². The number of rotatable bonds is 2. The van der Waals surface area contributed by atoms with E-state index in [0.717, 1.165) is 11.1 Å². The van der Waals surface area contributed by atoms with E-state index in [2.05, 4.69) is 9.97 Å². The van der Waals surface area contributed by atoms with E-state index < -0.39 is 0 Å². The van der Waals surface area contributed by atoms with Gasteiger partial charge in [0.1, 0.15) is 5.82 Å². The summed E-state index contributed by atoms with van der Waals surface area (Å²) in [4.78, 5) is 8.41. The van der Waals surface area contributed by atoms with Crippen LogP contribution in [0.2, 0.25) is 0 Å². The first-order valence-electron chi connectivity index (χ1n) is 4.68. The molecule has 4 nitrogen and oxygen atoms in total. The second-order valence-electron chi connectivity index (χ2n) is 3.17. The van der Waals surface area contributed by atoms with Gasteiger partial charge >= 0.3 is 0 Å². The molecule has 0 aliphatic carbocycles. The number of nitrogens with zero attached hydrogens (tertiary/aromatic N) is 2. The van der Waals surface area contributed by atoms with E-state index in [1.807, 2.05) is 30.3 Å². The zero-order chi connectivity index (χ0) is 10.7. The SMILES string of the molecule is NCc1cnc(-c2ccccc2)nc1N. The quantitative estimate of drug-likeness (QED) is 0.763. The first-order valence-corrected chi connectivity index (χ1v) is 4.68. The predicted octanol–water partition coefficient (Wildman–Crippen LogP) is 1.18. The van der Waals surface area contributed by atoms with Crippen molar-refractivity contribution in [2.24, 2.45) is 5.73 Å². The molecule has 0 saturated heterocycles. The average Bonchev–Trinajstić information content (AvgIpc) is 2.30. The normalized spacial score (nSPS) is 10.2. The summed E-state index contributed by atoms with van der Waals surface area (Å²) < 4.78 is 0. The largest absolute Gasteiger partial charge is 0.383 e. The summed E-state index contributed by atoms with van der Waals surface area (Å²) >= 11 is 0. The lowest BCUT2D eigenvalue weighted by molar-refractivity contribution is 1.02. The highest BCUT2D eigenvalue weighted by Gasteiger charge is 2.03. The molecule has 0 fully saturated rings. The van der Waals surface area contributed by atoms with Gasteiger partial charge in [-0.3, -0.25) is 0 Å². The number of benzene rings is 1. The molecule has 4 heteroatoms. The maximum atomic E-state index is 5.74. The summed E-state index contributed by atoms with van der Waals surface area (Å²) in [6.45, 7) is 0.362. The van der Waals surface area contributed by atoms with Crippen LogP contribution in [0.3, 0.4) is 0 Å². The molecule has 1 heterocycles. The maximum absolute atomic E-state index is 5.74. The van der Waals surface area contributed by atoms with Crippen LogP contribution in [0, 0.1) is 0 Å². The van der Waals surface area contributed by atoms with Crippen LogP contribution in [0.25, 0.3) is 11.4 Å². The molecule has 0 aliphatic rings. The molecule has 2 rings (SSSR count). The van der Waals surface area contributed by atoms with Crippen molar-refractivity contribution >= 4 is 5.82 Å². The van der Waals surface area contributed by atoms with Gasteiger partial charge in [0.25, 0.3) is 0 Å². The van der Waals surface area contributed by atoms with Crippen molar-refractivity contribution in [3.05, 3.63) is 42.1 Å². The molecular weight excluding hydrogens is 188 g/mol. The molecule has 0 spiro atoms. The highest BCUT2D eigenvalue weighted by Crippen LogP contribution is 2.16. The molecule has 1 aromatic heterocycles. The smallest absolute Gasteiger partial charge is 0.161 e. The number of nitrogens with two attached hydrogens (primary N) is 2. The minimum Gasteiger partial charge on any atom is -0.383 e. The van der Waals surface area contributed by atoms with Gasteiger partial charge in [-0.15, -0.1) is 0 Å². The standard InChI is InChI=1S/C11H12N4/c12-6-9-7-14-11(15-10(9)13)8-4-2-1-3-5-8/h1-5,7H,6,12H2,(H2,13,14,15). The Labute approximate surface area is 88.0 Å². The van der Waals surface area contributed by atoms with E-state index in [4.69, 9.17) is 11.5 Å². The summed E-state index contributed by atoms with van der Waals surface area (Å²) in [5.41, 5.74) is 12.9. The van der Waals surface area contributed by atoms with Gasteiger partial charge in [0, 0.05) is 23.9 Å². The van der Waals surface area contributed by atoms with Crippen molar-refractivity contribution in [1.82, 2.24) is 9.97 Å². The molecule has 0 atom stereocenters. The Morgan fingerprint density at radius 1 is 1.13 bits per heavy atom. The van der Waals surface area contributed by atoms with Gasteiger partial charge in [-0.05, 0) is 0 Å². The Morgan fingerprint density at radius 2 is 1.87 bits per heavy atom. The molecule has 0 radical (unpaired) electrons. The minimum atomic E-state index is 0.362. The van der Waals surface area contributed by atoms with E-state index >= 15 is 0 Å². The fourth-order valence-corrected chi connectivity index (χ4v) is 1.30. The first-order chi connectivity index (χ1) is 7.31. The van der Waals surface area contributed by atoms with E-state index in [1.54, 1.807) is 6.20 Å². The zero-order valence-corrected chi connectivity index (χ0v) is 8.22. The van der Waals surface area contributed by atoms with Gasteiger partial charge < -0.3 is 11.5 Å². The molecular formula is C11H12N4. The predicted molar refractivity (Wildman–Crippen MR) is 59.8 cm³/mol. The van der Waals surface area contributed by atoms with Gasteiger partial charge in [0.05, 0.1) is 0 Å². The van der Waals surface area contributed by atoms with Crippen molar-refractivity contribution in [1.29, 1.82) is 0 Å². The van der Waals surface area contributed by atoms with Gasteiger partial charge in [0.2, 0.25) is 0 Å². The Hall–Kier alpha value is -1.94. The maximum Gasteiger partial charge on any atom is 0.161 e. The van der Waals surface area contributed by atoms with E-state index in [-0.39, 0.29) is 0 Å². The van der Waals surface area contributed by atoms with Crippen LogP contribution in [0.15, 0.2) is 36.5 Å². The zero-order valence-electron chi connectivity index (χ0n) is 8.22. The molecule has 0 bridgehead atoms. The third kappa shape index (κ3) is 1.94. The number of hydrogen-bond donors (Lipinski definition) is 2. The molecule has 76 valence electrons. The molecule has 4 N–H and O–H groups in total. The van der Waals surface area contributed by atoms with Gasteiger partial charge in [0.15, 0.2) is 5.82 Å². The fraction of sp³-hybridized carbons (Fsp3) is 0.0909. The van der Waals surface area contributed by atoms with Crippen LogP contribution >= 0.6 is 0 Å². The number of hydrogen-bond acceptors (Lipinski definition) is 4. The summed E-state index contributed by atoms with van der Waals surface area (Å²) in [7, 11) is 0. The number of anilines is 1. The Balaban J connectivity index is 2.43. The van der Waals surface area contributed by atoms with Crippen LogP contribution in [0.1, 0.15) is 5.56 Å². The third-order valence-electron chi connectivity index (χ3n) is 2.15. The molecule has 0 unspecified atom stereocenters. The molecule has 2 aromatic rings. The molecule has 0 amide bonds. The Morgan fingerprint density at radius 3 is 2.47 bits per heavy atom. The summed E-state index contributed by atoms with van der Waals surface area (Å²) in [6.07, 6.45) is 1.67. The topological polar surface area (TPSA) is 77.8 Å². The van der Waals surface area contributed by atoms with Crippen molar-refractivity contribution < 1.29 is 0 Å². The molecule has 1 aromatic carbocycles. The number of aromatic nitrogens is 2. The van der Waals surface area contributed by atoms with Crippen LogP contribution in [-0.2, 0) is 6.54 Å². The summed E-state index contributed by atoms with van der Waals surface area (Å²) in [6, 6.07) is 9.70. The van der Waals surface area contributed by atoms with Crippen LogP contribution < -0.4 is 11.5 Å². The Bertz CT molecular complexity index is 453. The van der Waals surface area contributed by atoms with E-state index in [9.17, 15) is 0 Å². The van der Waals surface area contributed by atoms with Crippen LogP contribution in [0.5, 0.6) is 0 Å². The van der Waals surface area contributed by atoms with Crippen molar-refractivity contribution in [3.63, 3.8) is 0 Å². The van der Waals surface area contributed by atoms with Crippen LogP contribution in [0.4, 0.5) is 5.82 Å². The molecule has 15 heavy (non-hydrogen) atoms. The lowest BCUT2D eigenvalue weighted by Crippen LogP contribution is -2.05.